The van der Waals surface area contributed by atoms with Crippen LogP contribution in [0.3, 0.4) is 0 Å². The molecule has 24 heavy (non-hydrogen) atoms. The average Bonchev–Trinajstić information content (AvgIpc) is 2.97. The van der Waals surface area contributed by atoms with Gasteiger partial charge in [0.2, 0.25) is 5.91 Å². The first kappa shape index (κ1) is 17.1. The number of carbonyl (C=O) groups excluding carboxylic acids is 1. The van der Waals surface area contributed by atoms with Gasteiger partial charge in [0.05, 0.1) is 5.69 Å². The normalized spacial score (nSPS) is 15.8. The van der Waals surface area contributed by atoms with Crippen LogP contribution in [0.5, 0.6) is 0 Å². The summed E-state index contributed by atoms with van der Waals surface area (Å²) in [7, 11) is 1.85. The van der Waals surface area contributed by atoms with Gasteiger partial charge in [-0.05, 0) is 12.6 Å². The maximum atomic E-state index is 12.1. The number of aromatic nitrogens is 1. The zero-order chi connectivity index (χ0) is 16.9. The average molecular weight is 344 g/mol. The van der Waals surface area contributed by atoms with E-state index in [1.165, 1.54) is 10.4 Å². The van der Waals surface area contributed by atoms with Gasteiger partial charge in [-0.15, -0.1) is 11.3 Å². The number of amides is 1. The van der Waals surface area contributed by atoms with Crippen molar-refractivity contribution in [1.82, 2.24) is 15.2 Å². The summed E-state index contributed by atoms with van der Waals surface area (Å²) in [4.78, 5) is 20.4. The SMILES string of the molecule is CNCC(C)C(=O)Nc1nc2c(s1)CN(Cc1ccccc1)CC2. The summed E-state index contributed by atoms with van der Waals surface area (Å²) in [6.07, 6.45) is 0.945. The second kappa shape index (κ2) is 7.88. The van der Waals surface area contributed by atoms with E-state index in [0.717, 1.165) is 36.9 Å². The van der Waals surface area contributed by atoms with E-state index in [0.29, 0.717) is 6.54 Å². The molecule has 1 aliphatic rings. The topological polar surface area (TPSA) is 57.3 Å². The second-order valence-electron chi connectivity index (χ2n) is 6.28. The summed E-state index contributed by atoms with van der Waals surface area (Å²) in [5.41, 5.74) is 2.47. The van der Waals surface area contributed by atoms with Crippen molar-refractivity contribution in [3.05, 3.63) is 46.5 Å². The lowest BCUT2D eigenvalue weighted by Crippen LogP contribution is -2.29. The fourth-order valence-corrected chi connectivity index (χ4v) is 3.96. The van der Waals surface area contributed by atoms with Gasteiger partial charge < -0.3 is 10.6 Å². The molecule has 1 aromatic carbocycles. The highest BCUT2D eigenvalue weighted by Gasteiger charge is 2.22. The molecule has 3 rings (SSSR count). The van der Waals surface area contributed by atoms with Gasteiger partial charge in [-0.25, -0.2) is 4.98 Å². The number of fused-ring (bicyclic) bond motifs is 1. The summed E-state index contributed by atoms with van der Waals surface area (Å²) in [5.74, 6) is -0.0397. The summed E-state index contributed by atoms with van der Waals surface area (Å²) in [6.45, 7) is 5.46. The maximum absolute atomic E-state index is 12.1. The van der Waals surface area contributed by atoms with Gasteiger partial charge in [0, 0.05) is 43.4 Å². The third-order valence-electron chi connectivity index (χ3n) is 4.25. The first-order chi connectivity index (χ1) is 11.7. The minimum absolute atomic E-state index is 0.0246. The molecule has 1 aromatic heterocycles. The van der Waals surface area contributed by atoms with Crippen LogP contribution in [0.25, 0.3) is 0 Å². The molecule has 5 nitrogen and oxygen atoms in total. The molecule has 1 aliphatic heterocycles. The van der Waals surface area contributed by atoms with E-state index < -0.39 is 0 Å². The zero-order valence-electron chi connectivity index (χ0n) is 14.2. The first-order valence-corrected chi connectivity index (χ1v) is 9.17. The molecule has 1 unspecified atom stereocenters. The van der Waals surface area contributed by atoms with E-state index in [9.17, 15) is 4.79 Å². The predicted molar refractivity (Wildman–Crippen MR) is 98.1 cm³/mol. The van der Waals surface area contributed by atoms with Crippen LogP contribution < -0.4 is 10.6 Å². The molecule has 0 saturated heterocycles. The highest BCUT2D eigenvalue weighted by molar-refractivity contribution is 7.15. The Labute approximate surface area is 147 Å². The fourth-order valence-electron chi connectivity index (χ4n) is 2.91. The molecular weight excluding hydrogens is 320 g/mol. The van der Waals surface area contributed by atoms with Crippen LogP contribution in [0, 0.1) is 5.92 Å². The Morgan fingerprint density at radius 3 is 2.92 bits per heavy atom. The van der Waals surface area contributed by atoms with Gasteiger partial charge in [-0.1, -0.05) is 37.3 Å². The lowest BCUT2D eigenvalue weighted by Gasteiger charge is -2.25. The second-order valence-corrected chi connectivity index (χ2v) is 7.37. The van der Waals surface area contributed by atoms with Crippen LogP contribution in [0.4, 0.5) is 5.13 Å². The van der Waals surface area contributed by atoms with Crippen molar-refractivity contribution >= 4 is 22.4 Å². The van der Waals surface area contributed by atoms with Crippen molar-refractivity contribution < 1.29 is 4.79 Å². The van der Waals surface area contributed by atoms with Gasteiger partial charge in [0.1, 0.15) is 0 Å². The zero-order valence-corrected chi connectivity index (χ0v) is 15.0. The Morgan fingerprint density at radius 1 is 1.38 bits per heavy atom. The Hall–Kier alpha value is -1.76. The van der Waals surface area contributed by atoms with Crippen molar-refractivity contribution in [1.29, 1.82) is 0 Å². The molecular formula is C18H24N4OS. The van der Waals surface area contributed by atoms with Gasteiger partial charge in [0.15, 0.2) is 5.13 Å². The van der Waals surface area contributed by atoms with Crippen LogP contribution in [-0.2, 0) is 24.3 Å². The van der Waals surface area contributed by atoms with Crippen molar-refractivity contribution in [2.45, 2.75) is 26.4 Å². The van der Waals surface area contributed by atoms with E-state index in [1.807, 2.05) is 20.0 Å². The predicted octanol–water partition coefficient (Wildman–Crippen LogP) is 2.50. The molecule has 0 fully saturated rings. The lowest BCUT2D eigenvalue weighted by molar-refractivity contribution is -0.119. The number of carbonyl (C=O) groups is 1. The molecule has 128 valence electrons. The third kappa shape index (κ3) is 4.20. The van der Waals surface area contributed by atoms with E-state index in [4.69, 9.17) is 0 Å². The molecule has 1 amide bonds. The number of hydrogen-bond donors (Lipinski definition) is 2. The molecule has 0 radical (unpaired) electrons. The van der Waals surface area contributed by atoms with E-state index in [1.54, 1.807) is 11.3 Å². The van der Waals surface area contributed by atoms with Crippen LogP contribution in [-0.4, -0.2) is 35.9 Å². The quantitative estimate of drug-likeness (QED) is 0.845. The van der Waals surface area contributed by atoms with E-state index in [-0.39, 0.29) is 11.8 Å². The third-order valence-corrected chi connectivity index (χ3v) is 5.25. The highest BCUT2D eigenvalue weighted by Crippen LogP contribution is 2.29. The van der Waals surface area contributed by atoms with Crippen molar-refractivity contribution in [2.75, 3.05) is 25.5 Å². The molecule has 1 atom stereocenters. The Kier molecular flexibility index (Phi) is 5.60. The Bertz CT molecular complexity index is 686. The number of thiazole rings is 1. The van der Waals surface area contributed by atoms with E-state index >= 15 is 0 Å². The minimum Gasteiger partial charge on any atom is -0.319 e. The number of nitrogens with zero attached hydrogens (tertiary/aromatic N) is 2. The van der Waals surface area contributed by atoms with Gasteiger partial charge in [-0.3, -0.25) is 9.69 Å². The fraction of sp³-hybridized carbons (Fsp3) is 0.444. The van der Waals surface area contributed by atoms with Gasteiger partial charge >= 0.3 is 0 Å². The van der Waals surface area contributed by atoms with Crippen LogP contribution >= 0.6 is 11.3 Å². The smallest absolute Gasteiger partial charge is 0.230 e. The lowest BCUT2D eigenvalue weighted by atomic mass is 10.1. The Morgan fingerprint density at radius 2 is 2.17 bits per heavy atom. The number of anilines is 1. The molecule has 2 N–H and O–H groups in total. The van der Waals surface area contributed by atoms with Crippen LogP contribution in [0.15, 0.2) is 30.3 Å². The van der Waals surface area contributed by atoms with Crippen molar-refractivity contribution in [3.8, 4) is 0 Å². The highest BCUT2D eigenvalue weighted by atomic mass is 32.1. The summed E-state index contributed by atoms with van der Waals surface area (Å²) >= 11 is 1.61. The first-order valence-electron chi connectivity index (χ1n) is 8.36. The Balaban J connectivity index is 1.61. The monoisotopic (exact) mass is 344 g/mol. The largest absolute Gasteiger partial charge is 0.319 e. The molecule has 0 aliphatic carbocycles. The van der Waals surface area contributed by atoms with E-state index in [2.05, 4.69) is 44.8 Å². The molecule has 0 bridgehead atoms. The number of rotatable bonds is 6. The van der Waals surface area contributed by atoms with Crippen molar-refractivity contribution in [3.63, 3.8) is 0 Å². The minimum atomic E-state index is -0.0643. The summed E-state index contributed by atoms with van der Waals surface area (Å²) in [5, 5.41) is 6.72. The molecule has 2 heterocycles. The molecule has 2 aromatic rings. The number of hydrogen-bond acceptors (Lipinski definition) is 5. The van der Waals surface area contributed by atoms with Gasteiger partial charge in [-0.2, -0.15) is 0 Å². The number of nitrogens with one attached hydrogen (secondary N) is 2. The number of benzene rings is 1. The molecule has 6 heteroatoms. The van der Waals surface area contributed by atoms with Crippen molar-refractivity contribution in [2.24, 2.45) is 5.92 Å². The summed E-state index contributed by atoms with van der Waals surface area (Å²) in [6, 6.07) is 10.5. The molecule has 0 saturated carbocycles. The summed E-state index contributed by atoms with van der Waals surface area (Å²) < 4.78 is 0. The van der Waals surface area contributed by atoms with Crippen LogP contribution in [0.1, 0.15) is 23.1 Å². The standard InChI is InChI=1S/C18H24N4OS/c1-13(10-19-2)17(23)21-18-20-15-8-9-22(12-16(15)24-18)11-14-6-4-3-5-7-14/h3-7,13,19H,8-12H2,1-2H3,(H,20,21,23). The van der Waals surface area contributed by atoms with Gasteiger partial charge in [0.25, 0.3) is 0 Å². The maximum Gasteiger partial charge on any atom is 0.230 e. The van der Waals surface area contributed by atoms with Crippen LogP contribution in [0.2, 0.25) is 0 Å². The molecule has 0 spiro atoms.